The minimum absolute atomic E-state index is 0.00469. The summed E-state index contributed by atoms with van der Waals surface area (Å²) in [7, 11) is 0. The number of amides is 1. The van der Waals surface area contributed by atoms with Crippen LogP contribution in [-0.2, 0) is 11.2 Å². The molecule has 0 saturated heterocycles. The smallest absolute Gasteiger partial charge is 0.232 e. The fourth-order valence-electron chi connectivity index (χ4n) is 2.41. The molecule has 0 aliphatic rings. The lowest BCUT2D eigenvalue weighted by Crippen LogP contribution is -2.42. The van der Waals surface area contributed by atoms with E-state index in [2.05, 4.69) is 51.5 Å². The first-order valence-electron chi connectivity index (χ1n) is 8.51. The number of anilines is 1. The highest BCUT2D eigenvalue weighted by atomic mass is 16.2. The van der Waals surface area contributed by atoms with Crippen LogP contribution >= 0.6 is 0 Å². The number of hydrogen-bond donors (Lipinski definition) is 0. The van der Waals surface area contributed by atoms with Crippen LogP contribution < -0.4 is 4.90 Å². The molecule has 1 aromatic rings. The van der Waals surface area contributed by atoms with Gasteiger partial charge < -0.3 is 0 Å². The molecule has 0 saturated carbocycles. The summed E-state index contributed by atoms with van der Waals surface area (Å²) >= 11 is 0. The van der Waals surface area contributed by atoms with E-state index in [1.54, 1.807) is 0 Å². The second-order valence-corrected chi connectivity index (χ2v) is 6.67. The van der Waals surface area contributed by atoms with Gasteiger partial charge in [0.2, 0.25) is 11.9 Å². The fourth-order valence-corrected chi connectivity index (χ4v) is 2.41. The van der Waals surface area contributed by atoms with Gasteiger partial charge in [-0.05, 0) is 30.2 Å². The average molecular weight is 305 g/mol. The van der Waals surface area contributed by atoms with Crippen LogP contribution in [0.15, 0.2) is 12.4 Å². The maximum Gasteiger partial charge on any atom is 0.232 e. The zero-order valence-electron chi connectivity index (χ0n) is 15.0. The van der Waals surface area contributed by atoms with Crippen LogP contribution in [0.1, 0.15) is 72.8 Å². The number of nitrogens with zero attached hydrogens (tertiary/aromatic N) is 3. The summed E-state index contributed by atoms with van der Waals surface area (Å²) in [6.45, 7) is 12.7. The summed E-state index contributed by atoms with van der Waals surface area (Å²) in [5, 5.41) is 0. The van der Waals surface area contributed by atoms with Crippen LogP contribution in [0.5, 0.6) is 0 Å². The summed E-state index contributed by atoms with van der Waals surface area (Å²) in [6, 6.07) is 0.160. The van der Waals surface area contributed by atoms with Crippen LogP contribution in [0, 0.1) is 5.41 Å². The van der Waals surface area contributed by atoms with Gasteiger partial charge in [-0.15, -0.1) is 0 Å². The number of aromatic nitrogens is 2. The van der Waals surface area contributed by atoms with Crippen LogP contribution in [0.2, 0.25) is 0 Å². The molecule has 0 radical (unpaired) electrons. The largest absolute Gasteiger partial charge is 0.278 e. The minimum Gasteiger partial charge on any atom is -0.278 e. The molecule has 0 spiro atoms. The van der Waals surface area contributed by atoms with E-state index in [1.165, 1.54) is 0 Å². The average Bonchev–Trinajstić information content (AvgIpc) is 2.52. The molecule has 0 fully saturated rings. The quantitative estimate of drug-likeness (QED) is 0.715. The molecule has 22 heavy (non-hydrogen) atoms. The van der Waals surface area contributed by atoms with Crippen molar-refractivity contribution in [1.82, 2.24) is 9.97 Å². The van der Waals surface area contributed by atoms with Crippen molar-refractivity contribution in [2.45, 2.75) is 79.7 Å². The van der Waals surface area contributed by atoms with E-state index in [0.717, 1.165) is 31.2 Å². The maximum absolute atomic E-state index is 12.9. The van der Waals surface area contributed by atoms with E-state index >= 15 is 0 Å². The summed E-state index contributed by atoms with van der Waals surface area (Å²) < 4.78 is 0. The lowest BCUT2D eigenvalue weighted by molar-refractivity contribution is -0.121. The van der Waals surface area contributed by atoms with E-state index < -0.39 is 0 Å². The first-order valence-corrected chi connectivity index (χ1v) is 8.51. The predicted octanol–water partition coefficient (Wildman–Crippen LogP) is 4.39. The van der Waals surface area contributed by atoms with Crippen molar-refractivity contribution in [3.63, 3.8) is 0 Å². The SMILES string of the molecule is CCc1cnc(N(C(=O)CC(C)(C)CC)C(CC)CC)nc1. The van der Waals surface area contributed by atoms with Gasteiger partial charge in [0.1, 0.15) is 0 Å². The Hall–Kier alpha value is -1.45. The van der Waals surface area contributed by atoms with Crippen LogP contribution in [0.25, 0.3) is 0 Å². The first-order chi connectivity index (χ1) is 10.4. The van der Waals surface area contributed by atoms with Crippen LogP contribution in [0.4, 0.5) is 5.95 Å². The molecule has 0 N–H and O–H groups in total. The highest BCUT2D eigenvalue weighted by Crippen LogP contribution is 2.28. The molecule has 1 aromatic heterocycles. The Bertz CT molecular complexity index is 464. The van der Waals surface area contributed by atoms with Crippen molar-refractivity contribution in [3.8, 4) is 0 Å². The number of aryl methyl sites for hydroxylation is 1. The third-order valence-electron chi connectivity index (χ3n) is 4.48. The Morgan fingerprint density at radius 2 is 1.68 bits per heavy atom. The Morgan fingerprint density at radius 1 is 1.14 bits per heavy atom. The molecule has 0 atom stereocenters. The van der Waals surface area contributed by atoms with Crippen molar-refractivity contribution < 1.29 is 4.79 Å². The number of carbonyl (C=O) groups is 1. The van der Waals surface area contributed by atoms with E-state index in [9.17, 15) is 4.79 Å². The molecule has 0 aromatic carbocycles. The predicted molar refractivity (Wildman–Crippen MR) is 92.0 cm³/mol. The standard InChI is InChI=1S/C18H31N3O/c1-7-14-12-19-17(20-13-14)21(15(8-2)9-3)16(22)11-18(5,6)10-4/h12-13,15H,7-11H2,1-6H3. The highest BCUT2D eigenvalue weighted by Gasteiger charge is 2.29. The van der Waals surface area contributed by atoms with Crippen molar-refractivity contribution in [2.75, 3.05) is 4.90 Å². The van der Waals surface area contributed by atoms with Crippen LogP contribution in [-0.4, -0.2) is 21.9 Å². The van der Waals surface area contributed by atoms with E-state index in [0.29, 0.717) is 12.4 Å². The molecular weight excluding hydrogens is 274 g/mol. The lowest BCUT2D eigenvalue weighted by atomic mass is 9.86. The van der Waals surface area contributed by atoms with Gasteiger partial charge in [0.25, 0.3) is 0 Å². The van der Waals surface area contributed by atoms with Gasteiger partial charge in [-0.3, -0.25) is 9.69 Å². The number of hydrogen-bond acceptors (Lipinski definition) is 3. The molecule has 4 heteroatoms. The van der Waals surface area contributed by atoms with Gasteiger partial charge in [-0.2, -0.15) is 0 Å². The second-order valence-electron chi connectivity index (χ2n) is 6.67. The molecule has 0 aliphatic carbocycles. The first kappa shape index (κ1) is 18.6. The van der Waals surface area contributed by atoms with Gasteiger partial charge >= 0.3 is 0 Å². The van der Waals surface area contributed by atoms with Gasteiger partial charge in [0.15, 0.2) is 0 Å². The van der Waals surface area contributed by atoms with Gasteiger partial charge in [-0.25, -0.2) is 9.97 Å². The van der Waals surface area contributed by atoms with E-state index in [-0.39, 0.29) is 17.4 Å². The van der Waals surface area contributed by atoms with E-state index in [1.807, 2.05) is 17.3 Å². The Morgan fingerprint density at radius 3 is 2.09 bits per heavy atom. The zero-order chi connectivity index (χ0) is 16.8. The van der Waals surface area contributed by atoms with Crippen LogP contribution in [0.3, 0.4) is 0 Å². The second kappa shape index (κ2) is 8.25. The molecular formula is C18H31N3O. The normalized spacial score (nSPS) is 11.8. The summed E-state index contributed by atoms with van der Waals surface area (Å²) in [6.07, 6.45) is 7.89. The Balaban J connectivity index is 3.09. The minimum atomic E-state index is 0.00469. The topological polar surface area (TPSA) is 46.1 Å². The van der Waals surface area contributed by atoms with Crippen molar-refractivity contribution in [2.24, 2.45) is 5.41 Å². The molecule has 0 bridgehead atoms. The summed E-state index contributed by atoms with van der Waals surface area (Å²) in [5.41, 5.74) is 1.10. The van der Waals surface area contributed by atoms with E-state index in [4.69, 9.17) is 0 Å². The third kappa shape index (κ3) is 4.79. The molecule has 1 heterocycles. The molecule has 0 aliphatic heterocycles. The summed E-state index contributed by atoms with van der Waals surface area (Å²) in [5.74, 6) is 0.674. The Kier molecular flexibility index (Phi) is 6.98. The van der Waals surface area contributed by atoms with Gasteiger partial charge in [0.05, 0.1) is 0 Å². The fraction of sp³-hybridized carbons (Fsp3) is 0.722. The summed E-state index contributed by atoms with van der Waals surface area (Å²) in [4.78, 5) is 23.6. The Labute approximate surface area is 135 Å². The lowest BCUT2D eigenvalue weighted by Gasteiger charge is -2.32. The van der Waals surface area contributed by atoms with Gasteiger partial charge in [-0.1, -0.05) is 48.0 Å². The maximum atomic E-state index is 12.9. The monoisotopic (exact) mass is 305 g/mol. The van der Waals surface area contributed by atoms with Crippen molar-refractivity contribution >= 4 is 11.9 Å². The highest BCUT2D eigenvalue weighted by molar-refractivity contribution is 5.92. The third-order valence-corrected chi connectivity index (χ3v) is 4.48. The molecule has 0 unspecified atom stereocenters. The number of carbonyl (C=O) groups excluding carboxylic acids is 1. The van der Waals surface area contributed by atoms with Crippen molar-refractivity contribution in [3.05, 3.63) is 18.0 Å². The zero-order valence-corrected chi connectivity index (χ0v) is 15.0. The van der Waals surface area contributed by atoms with Gasteiger partial charge in [0, 0.05) is 24.9 Å². The number of rotatable bonds is 8. The molecule has 124 valence electrons. The molecule has 1 rings (SSSR count). The molecule has 4 nitrogen and oxygen atoms in total. The molecule has 1 amide bonds. The van der Waals surface area contributed by atoms with Crippen molar-refractivity contribution in [1.29, 1.82) is 0 Å².